The molecule has 0 radical (unpaired) electrons. The van der Waals surface area contributed by atoms with Gasteiger partial charge in [-0.2, -0.15) is 0 Å². The molecule has 3 aromatic carbocycles. The van der Waals surface area contributed by atoms with Crippen molar-refractivity contribution in [3.8, 4) is 11.5 Å². The van der Waals surface area contributed by atoms with E-state index >= 15 is 0 Å². The second kappa shape index (κ2) is 13.2. The Balaban J connectivity index is 1.69. The molecule has 0 unspecified atom stereocenters. The lowest BCUT2D eigenvalue weighted by Crippen LogP contribution is -2.41. The zero-order valence-electron chi connectivity index (χ0n) is 21.8. The number of nitrogens with one attached hydrogen (secondary N) is 2. The fourth-order valence-corrected chi connectivity index (χ4v) is 3.47. The molecule has 196 valence electrons. The van der Waals surface area contributed by atoms with E-state index in [-0.39, 0.29) is 19.1 Å². The SMILES string of the molecule is COc1cc(CN(CCNC(=O)OC(C)(C)C)C(=O)Nc2ccccc2)ccc1OCc1ccccc1. The summed E-state index contributed by atoms with van der Waals surface area (Å²) >= 11 is 0. The Morgan fingerprint density at radius 1 is 0.865 bits per heavy atom. The third kappa shape index (κ3) is 9.40. The van der Waals surface area contributed by atoms with E-state index in [0.29, 0.717) is 30.3 Å². The van der Waals surface area contributed by atoms with Crippen LogP contribution in [0.4, 0.5) is 15.3 Å². The minimum absolute atomic E-state index is 0.229. The van der Waals surface area contributed by atoms with E-state index in [1.807, 2.05) is 78.9 Å². The van der Waals surface area contributed by atoms with Crippen LogP contribution in [0.1, 0.15) is 31.9 Å². The van der Waals surface area contributed by atoms with Crippen molar-refractivity contribution in [3.05, 3.63) is 90.0 Å². The van der Waals surface area contributed by atoms with Crippen molar-refractivity contribution < 1.29 is 23.8 Å². The van der Waals surface area contributed by atoms with E-state index in [4.69, 9.17) is 14.2 Å². The van der Waals surface area contributed by atoms with Crippen LogP contribution in [0.15, 0.2) is 78.9 Å². The maximum Gasteiger partial charge on any atom is 0.407 e. The van der Waals surface area contributed by atoms with Gasteiger partial charge in [0.15, 0.2) is 11.5 Å². The third-order valence-corrected chi connectivity index (χ3v) is 5.20. The van der Waals surface area contributed by atoms with Crippen molar-refractivity contribution in [2.45, 2.75) is 39.5 Å². The fraction of sp³-hybridized carbons (Fsp3) is 0.310. The molecule has 0 atom stereocenters. The summed E-state index contributed by atoms with van der Waals surface area (Å²) in [5.74, 6) is 1.19. The van der Waals surface area contributed by atoms with Crippen LogP contribution in [0.2, 0.25) is 0 Å². The molecule has 3 rings (SSSR count). The van der Waals surface area contributed by atoms with E-state index in [2.05, 4.69) is 10.6 Å². The zero-order valence-corrected chi connectivity index (χ0v) is 21.8. The van der Waals surface area contributed by atoms with Crippen molar-refractivity contribution in [1.82, 2.24) is 10.2 Å². The summed E-state index contributed by atoms with van der Waals surface area (Å²) in [6, 6.07) is 24.4. The van der Waals surface area contributed by atoms with Gasteiger partial charge < -0.3 is 29.7 Å². The van der Waals surface area contributed by atoms with Crippen molar-refractivity contribution in [3.63, 3.8) is 0 Å². The molecular weight excluding hydrogens is 470 g/mol. The Bertz CT molecular complexity index is 1150. The number of methoxy groups -OCH3 is 1. The number of hydrogen-bond donors (Lipinski definition) is 2. The van der Waals surface area contributed by atoms with Gasteiger partial charge in [0.2, 0.25) is 0 Å². The minimum Gasteiger partial charge on any atom is -0.493 e. The summed E-state index contributed by atoms with van der Waals surface area (Å²) in [7, 11) is 1.58. The molecule has 8 nitrogen and oxygen atoms in total. The average molecular weight is 506 g/mol. The van der Waals surface area contributed by atoms with Crippen LogP contribution in [-0.4, -0.2) is 42.8 Å². The topological polar surface area (TPSA) is 89.1 Å². The Kier molecular flexibility index (Phi) is 9.77. The summed E-state index contributed by atoms with van der Waals surface area (Å²) in [6.45, 7) is 6.61. The number of ether oxygens (including phenoxy) is 3. The molecule has 3 amide bonds. The van der Waals surface area contributed by atoms with Gasteiger partial charge in [-0.25, -0.2) is 9.59 Å². The van der Waals surface area contributed by atoms with E-state index in [9.17, 15) is 9.59 Å². The molecule has 0 aliphatic heterocycles. The molecule has 0 saturated carbocycles. The molecule has 3 aromatic rings. The first-order chi connectivity index (χ1) is 17.7. The van der Waals surface area contributed by atoms with Crippen LogP contribution in [-0.2, 0) is 17.9 Å². The molecule has 0 aromatic heterocycles. The molecule has 0 fully saturated rings. The molecule has 0 bridgehead atoms. The summed E-state index contributed by atoms with van der Waals surface area (Å²) in [6.07, 6.45) is -0.530. The first-order valence-corrected chi connectivity index (χ1v) is 12.1. The van der Waals surface area contributed by atoms with Gasteiger partial charge >= 0.3 is 12.1 Å². The second-order valence-electron chi connectivity index (χ2n) is 9.41. The Hall–Kier alpha value is -4.20. The molecule has 0 heterocycles. The number of urea groups is 1. The Morgan fingerprint density at radius 3 is 2.19 bits per heavy atom. The van der Waals surface area contributed by atoms with Crippen molar-refractivity contribution in [2.24, 2.45) is 0 Å². The monoisotopic (exact) mass is 505 g/mol. The number of carbonyl (C=O) groups excluding carboxylic acids is 2. The second-order valence-corrected chi connectivity index (χ2v) is 9.41. The predicted octanol–water partition coefficient (Wildman–Crippen LogP) is 5.83. The van der Waals surface area contributed by atoms with Gasteiger partial charge in [0.1, 0.15) is 12.2 Å². The Labute approximate surface area is 218 Å². The van der Waals surface area contributed by atoms with Gasteiger partial charge in [0.25, 0.3) is 0 Å². The maximum absolute atomic E-state index is 13.1. The van der Waals surface area contributed by atoms with Gasteiger partial charge in [-0.3, -0.25) is 0 Å². The molecule has 0 aliphatic rings. The number of amides is 3. The number of hydrogen-bond acceptors (Lipinski definition) is 5. The van der Waals surface area contributed by atoms with Gasteiger partial charge in [-0.1, -0.05) is 54.6 Å². The van der Waals surface area contributed by atoms with Crippen LogP contribution < -0.4 is 20.1 Å². The van der Waals surface area contributed by atoms with E-state index in [0.717, 1.165) is 11.1 Å². The fourth-order valence-electron chi connectivity index (χ4n) is 3.47. The van der Waals surface area contributed by atoms with Crippen molar-refractivity contribution in [1.29, 1.82) is 0 Å². The lowest BCUT2D eigenvalue weighted by Gasteiger charge is -2.25. The first-order valence-electron chi connectivity index (χ1n) is 12.1. The number of nitrogens with zero attached hydrogens (tertiary/aromatic N) is 1. The standard InChI is InChI=1S/C29H35N3O5/c1-29(2,3)37-28(34)30-17-18-32(27(33)31-24-13-9-6-10-14-24)20-23-15-16-25(26(19-23)35-4)36-21-22-11-7-5-8-12-22/h5-16,19H,17-18,20-21H2,1-4H3,(H,30,34)(H,31,33). The molecule has 37 heavy (non-hydrogen) atoms. The summed E-state index contributed by atoms with van der Waals surface area (Å²) in [5, 5.41) is 5.61. The van der Waals surface area contributed by atoms with E-state index < -0.39 is 11.7 Å². The highest BCUT2D eigenvalue weighted by molar-refractivity contribution is 5.89. The molecule has 0 aliphatic carbocycles. The zero-order chi connectivity index (χ0) is 26.7. The normalized spacial score (nSPS) is 10.8. The summed E-state index contributed by atoms with van der Waals surface area (Å²) < 4.78 is 16.8. The lowest BCUT2D eigenvalue weighted by atomic mass is 10.2. The largest absolute Gasteiger partial charge is 0.493 e. The quantitative estimate of drug-likeness (QED) is 0.362. The first kappa shape index (κ1) is 27.4. The number of anilines is 1. The van der Waals surface area contributed by atoms with Gasteiger partial charge in [-0.15, -0.1) is 0 Å². The van der Waals surface area contributed by atoms with Crippen LogP contribution in [0.25, 0.3) is 0 Å². The van der Waals surface area contributed by atoms with Crippen LogP contribution in [0.3, 0.4) is 0 Å². The van der Waals surface area contributed by atoms with Gasteiger partial charge in [0.05, 0.1) is 7.11 Å². The van der Waals surface area contributed by atoms with Crippen LogP contribution in [0.5, 0.6) is 11.5 Å². The highest BCUT2D eigenvalue weighted by Crippen LogP contribution is 2.29. The van der Waals surface area contributed by atoms with Crippen LogP contribution in [0, 0.1) is 0 Å². The summed E-state index contributed by atoms with van der Waals surface area (Å²) in [4.78, 5) is 26.8. The number of para-hydroxylation sites is 1. The third-order valence-electron chi connectivity index (χ3n) is 5.20. The average Bonchev–Trinajstić information content (AvgIpc) is 2.87. The van der Waals surface area contributed by atoms with Gasteiger partial charge in [0, 0.05) is 25.3 Å². The van der Waals surface area contributed by atoms with Crippen molar-refractivity contribution in [2.75, 3.05) is 25.5 Å². The smallest absolute Gasteiger partial charge is 0.407 e. The molecule has 0 saturated heterocycles. The highest BCUT2D eigenvalue weighted by Gasteiger charge is 2.19. The number of rotatable bonds is 10. The minimum atomic E-state index is -0.602. The highest BCUT2D eigenvalue weighted by atomic mass is 16.6. The van der Waals surface area contributed by atoms with E-state index in [1.165, 1.54) is 0 Å². The van der Waals surface area contributed by atoms with E-state index in [1.54, 1.807) is 32.8 Å². The van der Waals surface area contributed by atoms with Crippen LogP contribution >= 0.6 is 0 Å². The maximum atomic E-state index is 13.1. The Morgan fingerprint density at radius 2 is 1.54 bits per heavy atom. The number of carbonyl (C=O) groups is 2. The molecular formula is C29H35N3O5. The summed E-state index contributed by atoms with van der Waals surface area (Å²) in [5.41, 5.74) is 1.98. The lowest BCUT2D eigenvalue weighted by molar-refractivity contribution is 0.0523. The predicted molar refractivity (Wildman–Crippen MR) is 144 cm³/mol. The molecule has 2 N–H and O–H groups in total. The number of benzene rings is 3. The van der Waals surface area contributed by atoms with Crippen molar-refractivity contribution >= 4 is 17.8 Å². The number of alkyl carbamates (subject to hydrolysis) is 1. The van der Waals surface area contributed by atoms with Gasteiger partial charge in [-0.05, 0) is 56.2 Å². The molecule has 8 heteroatoms. The molecule has 0 spiro atoms.